The third-order valence-electron chi connectivity index (χ3n) is 3.66. The molecule has 0 atom stereocenters. The van der Waals surface area contributed by atoms with E-state index in [1.54, 1.807) is 24.5 Å². The highest BCUT2D eigenvalue weighted by Gasteiger charge is 2.26. The van der Waals surface area contributed by atoms with E-state index in [4.69, 9.17) is 0 Å². The maximum absolute atomic E-state index is 12.1. The lowest BCUT2D eigenvalue weighted by molar-refractivity contribution is -0.121. The molecule has 0 radical (unpaired) electrons. The maximum Gasteiger partial charge on any atom is 0.227 e. The Labute approximate surface area is 112 Å². The van der Waals surface area contributed by atoms with Crippen LogP contribution in [0.3, 0.4) is 0 Å². The predicted molar refractivity (Wildman–Crippen MR) is 72.4 cm³/mol. The van der Waals surface area contributed by atoms with E-state index in [9.17, 15) is 9.59 Å². The number of carbonyl (C=O) groups is 2. The molecule has 0 bridgehead atoms. The first-order valence-corrected chi connectivity index (χ1v) is 6.67. The Morgan fingerprint density at radius 2 is 1.95 bits per heavy atom. The molecule has 2 N–H and O–H groups in total. The van der Waals surface area contributed by atoms with E-state index in [0.717, 1.165) is 44.3 Å². The summed E-state index contributed by atoms with van der Waals surface area (Å²) in [6, 6.07) is 3.58. The highest BCUT2D eigenvalue weighted by atomic mass is 16.2. The number of anilines is 1. The van der Waals surface area contributed by atoms with Crippen LogP contribution in [0.4, 0.5) is 5.69 Å². The molecule has 1 aliphatic rings. The van der Waals surface area contributed by atoms with Crippen molar-refractivity contribution in [2.45, 2.75) is 25.7 Å². The molecular weight excluding hydrogens is 242 g/mol. The third-order valence-corrected chi connectivity index (χ3v) is 3.66. The Bertz CT molecular complexity index is 414. The maximum atomic E-state index is 12.1. The summed E-state index contributed by atoms with van der Waals surface area (Å²) >= 11 is 0. The van der Waals surface area contributed by atoms with Gasteiger partial charge >= 0.3 is 0 Å². The first-order chi connectivity index (χ1) is 9.29. The van der Waals surface area contributed by atoms with Gasteiger partial charge in [-0.1, -0.05) is 0 Å². The fourth-order valence-corrected chi connectivity index (χ4v) is 2.52. The van der Waals surface area contributed by atoms with E-state index < -0.39 is 0 Å². The van der Waals surface area contributed by atoms with Gasteiger partial charge in [0.15, 0.2) is 0 Å². The molecule has 1 aliphatic carbocycles. The largest absolute Gasteiger partial charge is 0.358 e. The van der Waals surface area contributed by atoms with Crippen molar-refractivity contribution in [1.29, 1.82) is 0 Å². The van der Waals surface area contributed by atoms with Gasteiger partial charge in [0.1, 0.15) is 0 Å². The quantitative estimate of drug-likeness (QED) is 0.790. The number of pyridine rings is 1. The highest BCUT2D eigenvalue weighted by molar-refractivity contribution is 5.92. The zero-order valence-electron chi connectivity index (χ0n) is 10.8. The lowest BCUT2D eigenvalue weighted by Crippen LogP contribution is -2.30. The fraction of sp³-hybridized carbons (Fsp3) is 0.500. The number of nitrogens with one attached hydrogen (secondary N) is 2. The summed E-state index contributed by atoms with van der Waals surface area (Å²) < 4.78 is 0. The zero-order valence-corrected chi connectivity index (χ0v) is 10.8. The first-order valence-electron chi connectivity index (χ1n) is 6.67. The average Bonchev–Trinajstić information content (AvgIpc) is 2.46. The van der Waals surface area contributed by atoms with Crippen molar-refractivity contribution < 1.29 is 9.59 Å². The topological polar surface area (TPSA) is 71.1 Å². The number of hydrogen-bond donors (Lipinski definition) is 2. The molecule has 19 heavy (non-hydrogen) atoms. The SMILES string of the molecule is O=CNC[C@H]1CC[C@H](C(=O)Nc2ccncc2)CC1. The van der Waals surface area contributed by atoms with Crippen LogP contribution in [0.1, 0.15) is 25.7 Å². The second-order valence-corrected chi connectivity index (χ2v) is 4.97. The van der Waals surface area contributed by atoms with Crippen LogP contribution >= 0.6 is 0 Å². The zero-order chi connectivity index (χ0) is 13.5. The van der Waals surface area contributed by atoms with Crippen molar-refractivity contribution in [2.75, 3.05) is 11.9 Å². The molecule has 1 saturated carbocycles. The molecule has 0 aromatic carbocycles. The van der Waals surface area contributed by atoms with Gasteiger partial charge in [-0.2, -0.15) is 0 Å². The van der Waals surface area contributed by atoms with E-state index in [1.165, 1.54) is 0 Å². The normalized spacial score (nSPS) is 22.5. The molecule has 1 aromatic heterocycles. The number of amides is 2. The van der Waals surface area contributed by atoms with Crippen LogP contribution in [-0.4, -0.2) is 23.8 Å². The molecule has 2 rings (SSSR count). The first kappa shape index (κ1) is 13.5. The summed E-state index contributed by atoms with van der Waals surface area (Å²) in [5, 5.41) is 5.63. The summed E-state index contributed by atoms with van der Waals surface area (Å²) in [5.41, 5.74) is 0.796. The summed E-state index contributed by atoms with van der Waals surface area (Å²) in [4.78, 5) is 26.2. The molecule has 1 heterocycles. The minimum Gasteiger partial charge on any atom is -0.358 e. The van der Waals surface area contributed by atoms with E-state index in [-0.39, 0.29) is 11.8 Å². The molecule has 5 nitrogen and oxygen atoms in total. The predicted octanol–water partition coefficient (Wildman–Crippen LogP) is 1.57. The molecule has 0 aliphatic heterocycles. The molecule has 2 amide bonds. The molecule has 0 saturated heterocycles. The van der Waals surface area contributed by atoms with Crippen LogP contribution in [0, 0.1) is 11.8 Å². The van der Waals surface area contributed by atoms with Gasteiger partial charge in [-0.05, 0) is 43.7 Å². The summed E-state index contributed by atoms with van der Waals surface area (Å²) in [6.45, 7) is 0.724. The average molecular weight is 261 g/mol. The van der Waals surface area contributed by atoms with Gasteiger partial charge in [-0.25, -0.2) is 0 Å². The van der Waals surface area contributed by atoms with E-state index in [0.29, 0.717) is 5.92 Å². The van der Waals surface area contributed by atoms with Crippen molar-refractivity contribution in [3.8, 4) is 0 Å². The Hall–Kier alpha value is -1.91. The molecule has 5 heteroatoms. The van der Waals surface area contributed by atoms with Crippen LogP contribution in [-0.2, 0) is 9.59 Å². The molecule has 102 valence electrons. The Kier molecular flexibility index (Phi) is 4.89. The second-order valence-electron chi connectivity index (χ2n) is 4.97. The van der Waals surface area contributed by atoms with Crippen molar-refractivity contribution in [3.63, 3.8) is 0 Å². The number of carbonyl (C=O) groups excluding carboxylic acids is 2. The summed E-state index contributed by atoms with van der Waals surface area (Å²) in [7, 11) is 0. The summed E-state index contributed by atoms with van der Waals surface area (Å²) in [6.07, 6.45) is 7.84. The lowest BCUT2D eigenvalue weighted by atomic mass is 9.81. The standard InChI is InChI=1S/C14H19N3O2/c18-10-16-9-11-1-3-12(4-2-11)14(19)17-13-5-7-15-8-6-13/h5-8,10-12H,1-4,9H2,(H,16,18)(H,15,17,19)/t11-,12-. The van der Waals surface area contributed by atoms with Gasteiger partial charge in [0, 0.05) is 30.5 Å². The Morgan fingerprint density at radius 3 is 2.58 bits per heavy atom. The van der Waals surface area contributed by atoms with Gasteiger partial charge in [0.2, 0.25) is 12.3 Å². The van der Waals surface area contributed by atoms with Crippen LogP contribution in [0.2, 0.25) is 0 Å². The van der Waals surface area contributed by atoms with Crippen LogP contribution in [0.15, 0.2) is 24.5 Å². The van der Waals surface area contributed by atoms with E-state index in [1.807, 2.05) is 0 Å². The van der Waals surface area contributed by atoms with Crippen molar-refractivity contribution in [1.82, 2.24) is 10.3 Å². The third kappa shape index (κ3) is 4.05. The van der Waals surface area contributed by atoms with Crippen LogP contribution < -0.4 is 10.6 Å². The fourth-order valence-electron chi connectivity index (χ4n) is 2.52. The molecule has 1 fully saturated rings. The van der Waals surface area contributed by atoms with Gasteiger partial charge in [-0.15, -0.1) is 0 Å². The van der Waals surface area contributed by atoms with Gasteiger partial charge in [-0.3, -0.25) is 14.6 Å². The Balaban J connectivity index is 1.78. The van der Waals surface area contributed by atoms with Crippen molar-refractivity contribution in [3.05, 3.63) is 24.5 Å². The van der Waals surface area contributed by atoms with Crippen LogP contribution in [0.5, 0.6) is 0 Å². The van der Waals surface area contributed by atoms with Crippen molar-refractivity contribution in [2.24, 2.45) is 11.8 Å². The monoisotopic (exact) mass is 261 g/mol. The minimum atomic E-state index is 0.0839. The van der Waals surface area contributed by atoms with Crippen molar-refractivity contribution >= 4 is 18.0 Å². The number of hydrogen-bond acceptors (Lipinski definition) is 3. The highest BCUT2D eigenvalue weighted by Crippen LogP contribution is 2.29. The lowest BCUT2D eigenvalue weighted by Gasteiger charge is -2.27. The van der Waals surface area contributed by atoms with Crippen LogP contribution in [0.25, 0.3) is 0 Å². The van der Waals surface area contributed by atoms with Gasteiger partial charge in [0.25, 0.3) is 0 Å². The number of aromatic nitrogens is 1. The Morgan fingerprint density at radius 1 is 1.26 bits per heavy atom. The smallest absolute Gasteiger partial charge is 0.227 e. The summed E-state index contributed by atoms with van der Waals surface area (Å²) in [5.74, 6) is 0.684. The number of nitrogens with zero attached hydrogens (tertiary/aromatic N) is 1. The molecular formula is C14H19N3O2. The van der Waals surface area contributed by atoms with E-state index in [2.05, 4.69) is 15.6 Å². The van der Waals surface area contributed by atoms with Gasteiger partial charge in [0.05, 0.1) is 0 Å². The molecule has 0 unspecified atom stereocenters. The minimum absolute atomic E-state index is 0.0839. The molecule has 0 spiro atoms. The van der Waals surface area contributed by atoms with E-state index >= 15 is 0 Å². The second kappa shape index (κ2) is 6.87. The van der Waals surface area contributed by atoms with Gasteiger partial charge < -0.3 is 10.6 Å². The number of rotatable bonds is 5. The molecule has 1 aromatic rings.